The van der Waals surface area contributed by atoms with Crippen LogP contribution >= 0.6 is 0 Å². The average Bonchev–Trinajstić information content (AvgIpc) is 3.24. The maximum atomic E-state index is 13.0. The highest BCUT2D eigenvalue weighted by Gasteiger charge is 2.24. The number of aryl methyl sites for hydroxylation is 1. The second kappa shape index (κ2) is 8.42. The topological polar surface area (TPSA) is 78.0 Å². The van der Waals surface area contributed by atoms with Gasteiger partial charge in [-0.25, -0.2) is 9.97 Å². The van der Waals surface area contributed by atoms with E-state index < -0.39 is 0 Å². The molecule has 4 aromatic rings. The Hall–Kier alpha value is -3.74. The number of H-pyrrole nitrogens is 1. The van der Waals surface area contributed by atoms with Gasteiger partial charge in [-0.1, -0.05) is 18.2 Å². The molecule has 1 saturated heterocycles. The fourth-order valence-electron chi connectivity index (χ4n) is 4.27. The summed E-state index contributed by atoms with van der Waals surface area (Å²) in [6.07, 6.45) is 5.90. The first-order chi connectivity index (χ1) is 15.6. The smallest absolute Gasteiger partial charge is 0.227 e. The van der Waals surface area contributed by atoms with Crippen molar-refractivity contribution >= 4 is 22.6 Å². The van der Waals surface area contributed by atoms with Crippen LogP contribution in [0.25, 0.3) is 22.3 Å². The van der Waals surface area contributed by atoms with Crippen LogP contribution in [0.1, 0.15) is 16.8 Å². The molecule has 0 atom stereocenters. The van der Waals surface area contributed by atoms with Gasteiger partial charge in [-0.15, -0.1) is 0 Å². The molecular formula is C25H26N6O. The van der Waals surface area contributed by atoms with E-state index in [2.05, 4.69) is 32.8 Å². The quantitative estimate of drug-likeness (QED) is 0.540. The number of aromatic amines is 1. The molecular weight excluding hydrogens is 400 g/mol. The van der Waals surface area contributed by atoms with Crippen molar-refractivity contribution < 1.29 is 4.79 Å². The van der Waals surface area contributed by atoms with Crippen LogP contribution < -0.4 is 4.90 Å². The lowest BCUT2D eigenvalue weighted by molar-refractivity contribution is -0.130. The monoisotopic (exact) mass is 426 g/mol. The summed E-state index contributed by atoms with van der Waals surface area (Å²) in [6, 6.07) is 12.0. The zero-order chi connectivity index (χ0) is 22.1. The van der Waals surface area contributed by atoms with Crippen LogP contribution in [-0.2, 0) is 11.2 Å². The van der Waals surface area contributed by atoms with Crippen LogP contribution in [0.4, 0.5) is 5.82 Å². The predicted octanol–water partition coefficient (Wildman–Crippen LogP) is 3.53. The number of hydrogen-bond donors (Lipinski definition) is 1. The molecule has 5 rings (SSSR count). The maximum absolute atomic E-state index is 13.0. The first kappa shape index (κ1) is 20.2. The third kappa shape index (κ3) is 3.82. The minimum Gasteiger partial charge on any atom is -0.361 e. The summed E-state index contributed by atoms with van der Waals surface area (Å²) in [5.41, 5.74) is 5.07. The summed E-state index contributed by atoms with van der Waals surface area (Å²) < 4.78 is 0. The summed E-state index contributed by atoms with van der Waals surface area (Å²) in [5.74, 6) is 1.80. The van der Waals surface area contributed by atoms with Gasteiger partial charge in [0.2, 0.25) is 5.91 Å². The number of benzene rings is 1. The van der Waals surface area contributed by atoms with Gasteiger partial charge in [0, 0.05) is 72.5 Å². The molecule has 32 heavy (non-hydrogen) atoms. The van der Waals surface area contributed by atoms with Gasteiger partial charge in [-0.2, -0.15) is 0 Å². The summed E-state index contributed by atoms with van der Waals surface area (Å²) in [7, 11) is 0. The van der Waals surface area contributed by atoms with Crippen LogP contribution in [-0.4, -0.2) is 56.9 Å². The number of carbonyl (C=O) groups is 1. The first-order valence-corrected chi connectivity index (χ1v) is 10.9. The Bertz CT molecular complexity index is 1260. The minimum absolute atomic E-state index is 0.168. The molecule has 0 radical (unpaired) electrons. The number of aromatic nitrogens is 4. The van der Waals surface area contributed by atoms with E-state index in [4.69, 9.17) is 4.98 Å². The summed E-state index contributed by atoms with van der Waals surface area (Å²) in [4.78, 5) is 34.2. The number of anilines is 1. The minimum atomic E-state index is 0.168. The molecule has 0 unspecified atom stereocenters. The van der Waals surface area contributed by atoms with E-state index in [1.54, 1.807) is 12.4 Å². The number of hydrogen-bond acceptors (Lipinski definition) is 5. The fourth-order valence-corrected chi connectivity index (χ4v) is 4.27. The molecule has 0 bridgehead atoms. The molecule has 1 amide bonds. The molecule has 0 aliphatic carbocycles. The molecule has 1 aliphatic heterocycles. The Morgan fingerprint density at radius 3 is 2.62 bits per heavy atom. The standard InChI is InChI=1S/C25H26N6O/c1-17-18(2)28-24(19-6-5-9-26-15-19)29-25(17)31-12-10-30(11-13-31)23(32)14-20-16-27-22-8-4-3-7-21(20)22/h3-9,15-16,27H,10-14H2,1-2H3. The zero-order valence-corrected chi connectivity index (χ0v) is 18.4. The third-order valence-electron chi connectivity index (χ3n) is 6.23. The number of piperazine rings is 1. The van der Waals surface area contributed by atoms with Crippen LogP contribution in [0.5, 0.6) is 0 Å². The number of para-hydroxylation sites is 1. The largest absolute Gasteiger partial charge is 0.361 e. The van der Waals surface area contributed by atoms with Gasteiger partial charge in [0.25, 0.3) is 0 Å². The van der Waals surface area contributed by atoms with E-state index in [1.165, 1.54) is 0 Å². The van der Waals surface area contributed by atoms with Gasteiger partial charge in [-0.3, -0.25) is 9.78 Å². The lowest BCUT2D eigenvalue weighted by Crippen LogP contribution is -2.49. The molecule has 1 fully saturated rings. The Morgan fingerprint density at radius 1 is 1.03 bits per heavy atom. The van der Waals surface area contributed by atoms with Crippen molar-refractivity contribution in [1.82, 2.24) is 24.8 Å². The van der Waals surface area contributed by atoms with Crippen molar-refractivity contribution in [2.24, 2.45) is 0 Å². The van der Waals surface area contributed by atoms with Gasteiger partial charge in [0.15, 0.2) is 5.82 Å². The van der Waals surface area contributed by atoms with Gasteiger partial charge in [-0.05, 0) is 37.6 Å². The molecule has 7 heteroatoms. The number of nitrogens with zero attached hydrogens (tertiary/aromatic N) is 5. The molecule has 162 valence electrons. The first-order valence-electron chi connectivity index (χ1n) is 10.9. The highest BCUT2D eigenvalue weighted by molar-refractivity contribution is 5.89. The lowest BCUT2D eigenvalue weighted by atomic mass is 10.1. The molecule has 0 spiro atoms. The van der Waals surface area contributed by atoms with E-state index in [0.29, 0.717) is 25.3 Å². The van der Waals surface area contributed by atoms with Gasteiger partial charge >= 0.3 is 0 Å². The van der Waals surface area contributed by atoms with E-state index in [-0.39, 0.29) is 5.91 Å². The van der Waals surface area contributed by atoms with Crippen LogP contribution in [0, 0.1) is 13.8 Å². The van der Waals surface area contributed by atoms with Crippen LogP contribution in [0.3, 0.4) is 0 Å². The summed E-state index contributed by atoms with van der Waals surface area (Å²) in [6.45, 7) is 6.96. The molecule has 0 saturated carbocycles. The molecule has 4 heterocycles. The second-order valence-corrected chi connectivity index (χ2v) is 8.23. The van der Waals surface area contributed by atoms with Crippen molar-refractivity contribution in [3.63, 3.8) is 0 Å². The normalized spacial score (nSPS) is 14.2. The molecule has 1 aromatic carbocycles. The van der Waals surface area contributed by atoms with E-state index in [0.717, 1.165) is 52.2 Å². The Kier molecular flexibility index (Phi) is 5.31. The summed E-state index contributed by atoms with van der Waals surface area (Å²) >= 11 is 0. The second-order valence-electron chi connectivity index (χ2n) is 8.23. The Morgan fingerprint density at radius 2 is 1.84 bits per heavy atom. The van der Waals surface area contributed by atoms with Gasteiger partial charge in [0.1, 0.15) is 5.82 Å². The highest BCUT2D eigenvalue weighted by Crippen LogP contribution is 2.25. The lowest BCUT2D eigenvalue weighted by Gasteiger charge is -2.36. The van der Waals surface area contributed by atoms with Crippen molar-refractivity contribution in [1.29, 1.82) is 0 Å². The summed E-state index contributed by atoms with van der Waals surface area (Å²) in [5, 5.41) is 1.12. The molecule has 3 aromatic heterocycles. The molecule has 1 N–H and O–H groups in total. The number of fused-ring (bicyclic) bond motifs is 1. The number of pyridine rings is 1. The average molecular weight is 427 g/mol. The van der Waals surface area contributed by atoms with Crippen molar-refractivity contribution in [3.05, 3.63) is 71.8 Å². The van der Waals surface area contributed by atoms with E-state index in [9.17, 15) is 4.79 Å². The predicted molar refractivity (Wildman–Crippen MR) is 126 cm³/mol. The number of nitrogens with one attached hydrogen (secondary N) is 1. The van der Waals surface area contributed by atoms with Gasteiger partial charge in [0.05, 0.1) is 6.42 Å². The molecule has 7 nitrogen and oxygen atoms in total. The van der Waals surface area contributed by atoms with E-state index >= 15 is 0 Å². The van der Waals surface area contributed by atoms with Crippen molar-refractivity contribution in [2.45, 2.75) is 20.3 Å². The van der Waals surface area contributed by atoms with Crippen LogP contribution in [0.15, 0.2) is 55.0 Å². The molecule has 1 aliphatic rings. The Balaban J connectivity index is 1.29. The Labute approximate surface area is 187 Å². The van der Waals surface area contributed by atoms with Crippen molar-refractivity contribution in [2.75, 3.05) is 31.1 Å². The van der Waals surface area contributed by atoms with Crippen molar-refractivity contribution in [3.8, 4) is 11.4 Å². The highest BCUT2D eigenvalue weighted by atomic mass is 16.2. The maximum Gasteiger partial charge on any atom is 0.227 e. The number of rotatable bonds is 4. The zero-order valence-electron chi connectivity index (χ0n) is 18.4. The number of carbonyl (C=O) groups excluding carboxylic acids is 1. The number of amides is 1. The SMILES string of the molecule is Cc1nc(-c2cccnc2)nc(N2CCN(C(=O)Cc3c[nH]c4ccccc34)CC2)c1C. The van der Waals surface area contributed by atoms with E-state index in [1.807, 2.05) is 48.4 Å². The van der Waals surface area contributed by atoms with Crippen LogP contribution in [0.2, 0.25) is 0 Å². The van der Waals surface area contributed by atoms with Gasteiger partial charge < -0.3 is 14.8 Å². The fraction of sp³-hybridized carbons (Fsp3) is 0.280. The third-order valence-corrected chi connectivity index (χ3v) is 6.23.